The number of rotatable bonds is 2. The molecular weight excluding hydrogens is 198 g/mol. The summed E-state index contributed by atoms with van der Waals surface area (Å²) in [5.74, 6) is 6.00. The first-order valence-corrected chi connectivity index (χ1v) is 5.59. The molecule has 16 heavy (non-hydrogen) atoms. The summed E-state index contributed by atoms with van der Waals surface area (Å²) in [6, 6.07) is 7.86. The Balaban J connectivity index is 2.11. The van der Waals surface area contributed by atoms with Crippen LogP contribution in [-0.4, -0.2) is 23.9 Å². The van der Waals surface area contributed by atoms with Gasteiger partial charge in [0.2, 0.25) is 0 Å². The molecule has 2 nitrogen and oxygen atoms in total. The van der Waals surface area contributed by atoms with Crippen molar-refractivity contribution in [1.29, 1.82) is 0 Å². The Morgan fingerprint density at radius 2 is 2.19 bits per heavy atom. The molecule has 2 rings (SSSR count). The minimum absolute atomic E-state index is 0.153. The lowest BCUT2D eigenvalue weighted by Gasteiger charge is -2.27. The molecule has 0 bridgehead atoms. The van der Waals surface area contributed by atoms with Crippen LogP contribution in [0.5, 0.6) is 0 Å². The summed E-state index contributed by atoms with van der Waals surface area (Å²) in [5, 5.41) is 0. The fourth-order valence-corrected chi connectivity index (χ4v) is 2.00. The third-order valence-corrected chi connectivity index (χ3v) is 2.87. The van der Waals surface area contributed by atoms with Crippen molar-refractivity contribution >= 4 is 5.91 Å². The number of amides is 1. The highest BCUT2D eigenvalue weighted by atomic mass is 16.2. The minimum atomic E-state index is 0.153. The van der Waals surface area contributed by atoms with Gasteiger partial charge < -0.3 is 4.90 Å². The van der Waals surface area contributed by atoms with Crippen molar-refractivity contribution in [1.82, 2.24) is 4.90 Å². The highest BCUT2D eigenvalue weighted by Crippen LogP contribution is 2.18. The zero-order valence-electron chi connectivity index (χ0n) is 9.49. The summed E-state index contributed by atoms with van der Waals surface area (Å²) in [4.78, 5) is 14.0. The van der Waals surface area contributed by atoms with E-state index in [1.807, 2.05) is 36.1 Å². The van der Waals surface area contributed by atoms with Crippen LogP contribution in [0.25, 0.3) is 0 Å². The normalized spacial score (nSPS) is 14.1. The molecule has 1 aliphatic heterocycles. The molecule has 1 heterocycles. The molecule has 2 heteroatoms. The molecule has 0 unspecified atom stereocenters. The van der Waals surface area contributed by atoms with Gasteiger partial charge in [-0.25, -0.2) is 0 Å². The van der Waals surface area contributed by atoms with Gasteiger partial charge in [-0.15, -0.1) is 11.8 Å². The van der Waals surface area contributed by atoms with Crippen molar-refractivity contribution in [2.45, 2.75) is 19.8 Å². The van der Waals surface area contributed by atoms with Gasteiger partial charge in [0, 0.05) is 25.1 Å². The number of hydrogen-bond acceptors (Lipinski definition) is 1. The zero-order chi connectivity index (χ0) is 11.4. The quantitative estimate of drug-likeness (QED) is 0.689. The van der Waals surface area contributed by atoms with Crippen LogP contribution in [0.3, 0.4) is 0 Å². The summed E-state index contributed by atoms with van der Waals surface area (Å²) < 4.78 is 0. The van der Waals surface area contributed by atoms with E-state index < -0.39 is 0 Å². The molecule has 0 saturated carbocycles. The number of fused-ring (bicyclic) bond motifs is 1. The number of nitrogens with zero attached hydrogens (tertiary/aromatic N) is 1. The van der Waals surface area contributed by atoms with E-state index in [1.165, 1.54) is 5.56 Å². The van der Waals surface area contributed by atoms with E-state index in [0.29, 0.717) is 0 Å². The van der Waals surface area contributed by atoms with Crippen molar-refractivity contribution in [2.24, 2.45) is 0 Å². The van der Waals surface area contributed by atoms with E-state index in [4.69, 9.17) is 0 Å². The lowest BCUT2D eigenvalue weighted by atomic mass is 9.99. The Morgan fingerprint density at radius 1 is 1.38 bits per heavy atom. The second kappa shape index (κ2) is 4.85. The van der Waals surface area contributed by atoms with Gasteiger partial charge in [-0.1, -0.05) is 18.2 Å². The Kier molecular flexibility index (Phi) is 3.26. The van der Waals surface area contributed by atoms with Gasteiger partial charge in [-0.05, 0) is 25.0 Å². The van der Waals surface area contributed by atoms with Gasteiger partial charge in [0.15, 0.2) is 0 Å². The van der Waals surface area contributed by atoms with Crippen LogP contribution in [0, 0.1) is 11.8 Å². The van der Waals surface area contributed by atoms with E-state index in [9.17, 15) is 4.79 Å². The van der Waals surface area contributed by atoms with Crippen molar-refractivity contribution in [3.8, 4) is 11.8 Å². The zero-order valence-corrected chi connectivity index (χ0v) is 9.49. The number of carbonyl (C=O) groups is 1. The van der Waals surface area contributed by atoms with Crippen LogP contribution in [0.4, 0.5) is 0 Å². The maximum Gasteiger partial charge on any atom is 0.254 e. The Hall–Kier alpha value is -1.75. The molecule has 0 spiro atoms. The Morgan fingerprint density at radius 3 is 3.00 bits per heavy atom. The van der Waals surface area contributed by atoms with Crippen molar-refractivity contribution in [3.05, 3.63) is 35.4 Å². The largest absolute Gasteiger partial charge is 0.337 e. The second-order valence-corrected chi connectivity index (χ2v) is 3.88. The molecule has 82 valence electrons. The van der Waals surface area contributed by atoms with Crippen LogP contribution in [0.1, 0.15) is 29.3 Å². The third kappa shape index (κ3) is 2.09. The maximum atomic E-state index is 12.1. The van der Waals surface area contributed by atoms with E-state index >= 15 is 0 Å². The first-order chi connectivity index (χ1) is 7.83. The fourth-order valence-electron chi connectivity index (χ4n) is 2.00. The van der Waals surface area contributed by atoms with Crippen molar-refractivity contribution in [3.63, 3.8) is 0 Å². The topological polar surface area (TPSA) is 20.3 Å². The smallest absolute Gasteiger partial charge is 0.254 e. The fraction of sp³-hybridized carbons (Fsp3) is 0.357. The molecule has 1 amide bonds. The molecule has 1 aromatic rings. The summed E-state index contributed by atoms with van der Waals surface area (Å²) in [6.07, 6.45) is 1.73. The molecule has 0 atom stereocenters. The van der Waals surface area contributed by atoms with Gasteiger partial charge in [0.05, 0.1) is 0 Å². The predicted octanol–water partition coefficient (Wildman–Crippen LogP) is 2.10. The average Bonchev–Trinajstić information content (AvgIpc) is 2.33. The molecule has 1 aliphatic rings. The van der Waals surface area contributed by atoms with E-state index in [2.05, 4.69) is 11.8 Å². The third-order valence-electron chi connectivity index (χ3n) is 2.87. The highest BCUT2D eigenvalue weighted by molar-refractivity contribution is 5.96. The van der Waals surface area contributed by atoms with E-state index in [-0.39, 0.29) is 5.91 Å². The summed E-state index contributed by atoms with van der Waals surface area (Å²) in [5.41, 5.74) is 2.03. The standard InChI is InChI=1S/C14H15NO/c1-2-3-6-10-15-11-9-12-7-4-5-8-13(12)14(15)16/h4-5,7-8H,6,9-11H2,1H3. The minimum Gasteiger partial charge on any atom is -0.337 e. The molecule has 0 fully saturated rings. The van der Waals surface area contributed by atoms with Crippen LogP contribution in [-0.2, 0) is 6.42 Å². The lowest BCUT2D eigenvalue weighted by Crippen LogP contribution is -2.38. The maximum absolute atomic E-state index is 12.1. The summed E-state index contributed by atoms with van der Waals surface area (Å²) in [7, 11) is 0. The number of carbonyl (C=O) groups excluding carboxylic acids is 1. The Labute approximate surface area is 96.3 Å². The van der Waals surface area contributed by atoms with Crippen LogP contribution in [0.15, 0.2) is 24.3 Å². The van der Waals surface area contributed by atoms with Gasteiger partial charge in [-0.3, -0.25) is 4.79 Å². The molecule has 0 N–H and O–H groups in total. The first-order valence-electron chi connectivity index (χ1n) is 5.59. The Bertz CT molecular complexity index is 453. The summed E-state index contributed by atoms with van der Waals surface area (Å²) in [6.45, 7) is 3.39. The van der Waals surface area contributed by atoms with Crippen molar-refractivity contribution in [2.75, 3.05) is 13.1 Å². The van der Waals surface area contributed by atoms with Crippen molar-refractivity contribution < 1.29 is 4.79 Å². The van der Waals surface area contributed by atoms with Gasteiger partial charge in [-0.2, -0.15) is 0 Å². The first kappa shape index (κ1) is 10.8. The molecule has 0 aromatic heterocycles. The van der Waals surface area contributed by atoms with Gasteiger partial charge >= 0.3 is 0 Å². The van der Waals surface area contributed by atoms with E-state index in [0.717, 1.165) is 31.5 Å². The molecule has 1 aromatic carbocycles. The molecular formula is C14H15NO. The van der Waals surface area contributed by atoms with E-state index in [1.54, 1.807) is 0 Å². The molecule has 0 saturated heterocycles. The van der Waals surface area contributed by atoms with Gasteiger partial charge in [0.25, 0.3) is 5.91 Å². The van der Waals surface area contributed by atoms with Crippen LogP contribution in [0.2, 0.25) is 0 Å². The number of hydrogen-bond donors (Lipinski definition) is 0. The van der Waals surface area contributed by atoms with Gasteiger partial charge in [0.1, 0.15) is 0 Å². The van der Waals surface area contributed by atoms with Crippen LogP contribution >= 0.6 is 0 Å². The lowest BCUT2D eigenvalue weighted by molar-refractivity contribution is 0.0743. The highest BCUT2D eigenvalue weighted by Gasteiger charge is 2.22. The monoisotopic (exact) mass is 213 g/mol. The predicted molar refractivity (Wildman–Crippen MR) is 64.1 cm³/mol. The molecule has 0 radical (unpaired) electrons. The average molecular weight is 213 g/mol. The molecule has 0 aliphatic carbocycles. The summed E-state index contributed by atoms with van der Waals surface area (Å²) >= 11 is 0. The second-order valence-electron chi connectivity index (χ2n) is 3.88. The SMILES string of the molecule is CC#CCCN1CCc2ccccc2C1=O. The van der Waals surface area contributed by atoms with Crippen LogP contribution < -0.4 is 0 Å². The number of benzene rings is 1.